The molecule has 0 saturated heterocycles. The molecule has 2 atom stereocenters. The van der Waals surface area contributed by atoms with Crippen LogP contribution in [0.5, 0.6) is 0 Å². The maximum Gasteiger partial charge on any atom is 0.101 e. The van der Waals surface area contributed by atoms with E-state index in [0.717, 1.165) is 17.8 Å². The Morgan fingerprint density at radius 1 is 1.39 bits per heavy atom. The van der Waals surface area contributed by atoms with Crippen molar-refractivity contribution >= 4 is 0 Å². The van der Waals surface area contributed by atoms with E-state index in [2.05, 4.69) is 24.0 Å². The zero-order chi connectivity index (χ0) is 13.1. The first-order valence-corrected chi connectivity index (χ1v) is 6.31. The third-order valence-electron chi connectivity index (χ3n) is 3.31. The first-order valence-electron chi connectivity index (χ1n) is 6.31. The van der Waals surface area contributed by atoms with Gasteiger partial charge in [0.2, 0.25) is 0 Å². The number of aromatic nitrogens is 4. The van der Waals surface area contributed by atoms with Crippen molar-refractivity contribution in [3.05, 3.63) is 35.9 Å². The fraction of sp³-hybridized carbons (Fsp3) is 0.538. The lowest BCUT2D eigenvalue weighted by molar-refractivity contribution is 0.167. The molecule has 1 N–H and O–H groups in total. The largest absolute Gasteiger partial charge is 0.386 e. The summed E-state index contributed by atoms with van der Waals surface area (Å²) >= 11 is 0. The molecule has 5 heteroatoms. The second kappa shape index (κ2) is 5.35. The molecule has 2 unspecified atom stereocenters. The highest BCUT2D eigenvalue weighted by molar-refractivity contribution is 5.09. The number of aliphatic hydroxyl groups excluding tert-OH is 1. The van der Waals surface area contributed by atoms with Crippen molar-refractivity contribution in [2.45, 2.75) is 38.8 Å². The zero-order valence-electron chi connectivity index (χ0n) is 11.1. The van der Waals surface area contributed by atoms with Gasteiger partial charge in [-0.05, 0) is 25.5 Å². The molecule has 0 spiro atoms. The van der Waals surface area contributed by atoms with Gasteiger partial charge in [-0.2, -0.15) is 10.2 Å². The summed E-state index contributed by atoms with van der Waals surface area (Å²) in [5.41, 5.74) is 1.72. The van der Waals surface area contributed by atoms with Crippen molar-refractivity contribution in [2.75, 3.05) is 0 Å². The van der Waals surface area contributed by atoms with Crippen LogP contribution in [0.2, 0.25) is 0 Å². The van der Waals surface area contributed by atoms with Crippen molar-refractivity contribution in [1.82, 2.24) is 19.6 Å². The number of rotatable bonds is 5. The van der Waals surface area contributed by atoms with Crippen molar-refractivity contribution in [1.29, 1.82) is 0 Å². The van der Waals surface area contributed by atoms with Gasteiger partial charge < -0.3 is 5.11 Å². The van der Waals surface area contributed by atoms with Gasteiger partial charge in [-0.3, -0.25) is 9.36 Å². The first kappa shape index (κ1) is 12.8. The summed E-state index contributed by atoms with van der Waals surface area (Å²) in [7, 11) is 1.83. The average molecular weight is 248 g/mol. The highest BCUT2D eigenvalue weighted by Crippen LogP contribution is 2.17. The number of aliphatic hydroxyl groups is 1. The Balaban J connectivity index is 2.06. The molecule has 2 aromatic heterocycles. The molecule has 2 rings (SSSR count). The Morgan fingerprint density at radius 3 is 2.78 bits per heavy atom. The topological polar surface area (TPSA) is 55.9 Å². The molecule has 0 aliphatic rings. The SMILES string of the molecule is CCC(C)n1ccc(CC(O)c2ccnn2C)n1. The lowest BCUT2D eigenvalue weighted by Crippen LogP contribution is -2.09. The fourth-order valence-corrected chi connectivity index (χ4v) is 1.93. The van der Waals surface area contributed by atoms with Gasteiger partial charge >= 0.3 is 0 Å². The van der Waals surface area contributed by atoms with E-state index in [1.54, 1.807) is 10.9 Å². The van der Waals surface area contributed by atoms with Crippen LogP contribution in [0.25, 0.3) is 0 Å². The summed E-state index contributed by atoms with van der Waals surface area (Å²) in [4.78, 5) is 0. The molecule has 0 saturated carbocycles. The summed E-state index contributed by atoms with van der Waals surface area (Å²) in [6, 6.07) is 4.19. The lowest BCUT2D eigenvalue weighted by Gasteiger charge is -2.10. The lowest BCUT2D eigenvalue weighted by atomic mass is 10.1. The van der Waals surface area contributed by atoms with Crippen molar-refractivity contribution in [3.8, 4) is 0 Å². The summed E-state index contributed by atoms with van der Waals surface area (Å²) in [6.07, 6.45) is 4.67. The number of hydrogen-bond donors (Lipinski definition) is 1. The van der Waals surface area contributed by atoms with E-state index >= 15 is 0 Å². The zero-order valence-corrected chi connectivity index (χ0v) is 11.1. The predicted octanol–water partition coefficient (Wildman–Crippen LogP) is 1.86. The van der Waals surface area contributed by atoms with Crippen LogP contribution in [-0.4, -0.2) is 24.7 Å². The quantitative estimate of drug-likeness (QED) is 0.878. The van der Waals surface area contributed by atoms with Crippen molar-refractivity contribution in [3.63, 3.8) is 0 Å². The Labute approximate surface area is 107 Å². The van der Waals surface area contributed by atoms with Crippen molar-refractivity contribution in [2.24, 2.45) is 7.05 Å². The van der Waals surface area contributed by atoms with Gasteiger partial charge in [0.25, 0.3) is 0 Å². The Bertz CT molecular complexity index is 503. The summed E-state index contributed by atoms with van der Waals surface area (Å²) in [6.45, 7) is 4.27. The van der Waals surface area contributed by atoms with Crippen LogP contribution >= 0.6 is 0 Å². The summed E-state index contributed by atoms with van der Waals surface area (Å²) < 4.78 is 3.64. The number of nitrogens with zero attached hydrogens (tertiary/aromatic N) is 4. The third-order valence-corrected chi connectivity index (χ3v) is 3.31. The summed E-state index contributed by atoms with van der Waals surface area (Å²) in [5, 5.41) is 18.7. The van der Waals surface area contributed by atoms with E-state index in [9.17, 15) is 5.11 Å². The molecule has 0 fully saturated rings. The molecule has 5 nitrogen and oxygen atoms in total. The fourth-order valence-electron chi connectivity index (χ4n) is 1.93. The number of aryl methyl sites for hydroxylation is 1. The molecule has 0 aliphatic heterocycles. The molecule has 0 aromatic carbocycles. The normalized spacial score (nSPS) is 14.7. The van der Waals surface area contributed by atoms with Gasteiger partial charge in [-0.1, -0.05) is 6.92 Å². The molecule has 0 radical (unpaired) electrons. The molecule has 2 heterocycles. The van der Waals surface area contributed by atoms with Gasteiger partial charge in [-0.15, -0.1) is 0 Å². The van der Waals surface area contributed by atoms with E-state index in [4.69, 9.17) is 0 Å². The Kier molecular flexibility index (Phi) is 3.81. The van der Waals surface area contributed by atoms with Gasteiger partial charge in [0.15, 0.2) is 0 Å². The van der Waals surface area contributed by atoms with Gasteiger partial charge in [0.1, 0.15) is 6.10 Å². The molecule has 0 aliphatic carbocycles. The highest BCUT2D eigenvalue weighted by Gasteiger charge is 2.14. The average Bonchev–Trinajstić information content (AvgIpc) is 2.97. The van der Waals surface area contributed by atoms with E-state index in [1.165, 1.54) is 0 Å². The van der Waals surface area contributed by atoms with E-state index in [-0.39, 0.29) is 0 Å². The first-order chi connectivity index (χ1) is 8.61. The van der Waals surface area contributed by atoms with Crippen LogP contribution in [0.15, 0.2) is 24.5 Å². The second-order valence-electron chi connectivity index (χ2n) is 4.64. The smallest absolute Gasteiger partial charge is 0.101 e. The number of hydrogen-bond acceptors (Lipinski definition) is 3. The van der Waals surface area contributed by atoms with Crippen LogP contribution in [-0.2, 0) is 13.5 Å². The van der Waals surface area contributed by atoms with Crippen LogP contribution in [0.4, 0.5) is 0 Å². The standard InChI is InChI=1S/C13H20N4O/c1-4-10(2)17-8-6-11(15-17)9-13(18)12-5-7-14-16(12)3/h5-8,10,13,18H,4,9H2,1-3H3. The minimum Gasteiger partial charge on any atom is -0.386 e. The molecule has 2 aromatic rings. The minimum absolute atomic E-state index is 0.396. The highest BCUT2D eigenvalue weighted by atomic mass is 16.3. The van der Waals surface area contributed by atoms with Gasteiger partial charge in [0, 0.05) is 31.9 Å². The molecule has 0 bridgehead atoms. The molecule has 98 valence electrons. The van der Waals surface area contributed by atoms with Gasteiger partial charge in [0.05, 0.1) is 11.4 Å². The molecular weight excluding hydrogens is 228 g/mol. The predicted molar refractivity (Wildman–Crippen MR) is 69.1 cm³/mol. The molecule has 18 heavy (non-hydrogen) atoms. The maximum atomic E-state index is 10.1. The van der Waals surface area contributed by atoms with Crippen LogP contribution in [0.1, 0.15) is 43.8 Å². The monoisotopic (exact) mass is 248 g/mol. The Morgan fingerprint density at radius 2 is 2.17 bits per heavy atom. The van der Waals surface area contributed by atoms with E-state index < -0.39 is 6.10 Å². The van der Waals surface area contributed by atoms with Crippen LogP contribution in [0.3, 0.4) is 0 Å². The van der Waals surface area contributed by atoms with E-state index in [1.807, 2.05) is 30.1 Å². The summed E-state index contributed by atoms with van der Waals surface area (Å²) in [5.74, 6) is 0. The van der Waals surface area contributed by atoms with Crippen LogP contribution in [0, 0.1) is 0 Å². The van der Waals surface area contributed by atoms with Crippen molar-refractivity contribution < 1.29 is 5.11 Å². The Hall–Kier alpha value is -1.62. The second-order valence-corrected chi connectivity index (χ2v) is 4.64. The van der Waals surface area contributed by atoms with Gasteiger partial charge in [-0.25, -0.2) is 0 Å². The van der Waals surface area contributed by atoms with E-state index in [0.29, 0.717) is 12.5 Å². The maximum absolute atomic E-state index is 10.1. The van der Waals surface area contributed by atoms with Crippen LogP contribution < -0.4 is 0 Å². The molecule has 0 amide bonds. The minimum atomic E-state index is -0.558. The third kappa shape index (κ3) is 2.61. The molecular formula is C13H20N4O.